The molecule has 0 radical (unpaired) electrons. The Morgan fingerprint density at radius 2 is 2.24 bits per heavy atom. The molecule has 1 saturated heterocycles. The van der Waals surface area contributed by atoms with Crippen LogP contribution in [0.25, 0.3) is 0 Å². The summed E-state index contributed by atoms with van der Waals surface area (Å²) < 4.78 is 6.92. The zero-order chi connectivity index (χ0) is 17.8. The third-order valence-corrected chi connectivity index (χ3v) is 4.81. The molecule has 0 aliphatic carbocycles. The van der Waals surface area contributed by atoms with Crippen molar-refractivity contribution in [2.24, 2.45) is 0 Å². The molecule has 2 aromatic rings. The summed E-state index contributed by atoms with van der Waals surface area (Å²) in [5, 5.41) is 20.0. The molecule has 0 spiro atoms. The lowest BCUT2D eigenvalue weighted by Gasteiger charge is -2.35. The number of aliphatic hydroxyl groups is 1. The first-order valence-corrected chi connectivity index (χ1v) is 8.69. The Labute approximate surface area is 146 Å². The second-order valence-electron chi connectivity index (χ2n) is 6.51. The van der Waals surface area contributed by atoms with Crippen LogP contribution in [0.3, 0.4) is 0 Å². The molecular formula is C17H25N5O3. The molecule has 25 heavy (non-hydrogen) atoms. The fourth-order valence-electron chi connectivity index (χ4n) is 3.37. The molecule has 0 bridgehead atoms. The molecule has 136 valence electrons. The highest BCUT2D eigenvalue weighted by Gasteiger charge is 2.29. The molecule has 8 nitrogen and oxygen atoms in total. The molecule has 3 rings (SSSR count). The van der Waals surface area contributed by atoms with Gasteiger partial charge in [-0.15, -0.1) is 0 Å². The van der Waals surface area contributed by atoms with Gasteiger partial charge in [-0.25, -0.2) is 0 Å². The standard InChI is InChI=1S/C17H25N5O3/c1-12-11-16(25-20-12)19-17(24)13(2)21-7-4-14(5-8-21)15-3-6-18-22(15)9-10-23/h3,6,11,13-14,23H,4-5,7-10H2,1-2H3,(H,19,24)/t13-/m1/s1. The Hall–Kier alpha value is -2.19. The van der Waals surface area contributed by atoms with E-state index in [9.17, 15) is 4.79 Å². The van der Waals surface area contributed by atoms with Crippen LogP contribution in [-0.2, 0) is 11.3 Å². The van der Waals surface area contributed by atoms with Crippen LogP contribution >= 0.6 is 0 Å². The van der Waals surface area contributed by atoms with E-state index in [-0.39, 0.29) is 18.6 Å². The van der Waals surface area contributed by atoms with Gasteiger partial charge in [-0.1, -0.05) is 5.16 Å². The molecule has 1 amide bonds. The zero-order valence-corrected chi connectivity index (χ0v) is 14.7. The number of carbonyl (C=O) groups excluding carboxylic acids is 1. The van der Waals surface area contributed by atoms with E-state index in [0.717, 1.165) is 31.6 Å². The van der Waals surface area contributed by atoms with Gasteiger partial charge >= 0.3 is 0 Å². The number of aryl methyl sites for hydroxylation is 1. The van der Waals surface area contributed by atoms with Crippen molar-refractivity contribution < 1.29 is 14.4 Å². The normalized spacial score (nSPS) is 17.6. The first-order chi connectivity index (χ1) is 12.1. The predicted octanol–water partition coefficient (Wildman–Crippen LogP) is 1.38. The van der Waals surface area contributed by atoms with Crippen LogP contribution < -0.4 is 5.32 Å². The Kier molecular flexibility index (Phi) is 5.50. The molecule has 0 saturated carbocycles. The largest absolute Gasteiger partial charge is 0.394 e. The van der Waals surface area contributed by atoms with Crippen LogP contribution in [0.4, 0.5) is 5.88 Å². The maximum absolute atomic E-state index is 12.4. The van der Waals surface area contributed by atoms with Gasteiger partial charge in [0.25, 0.3) is 0 Å². The third kappa shape index (κ3) is 4.08. The summed E-state index contributed by atoms with van der Waals surface area (Å²) in [5.41, 5.74) is 1.91. The topological polar surface area (TPSA) is 96.4 Å². The third-order valence-electron chi connectivity index (χ3n) is 4.81. The maximum Gasteiger partial charge on any atom is 0.243 e. The van der Waals surface area contributed by atoms with Crippen molar-refractivity contribution in [2.75, 3.05) is 25.0 Å². The maximum atomic E-state index is 12.4. The van der Waals surface area contributed by atoms with E-state index >= 15 is 0 Å². The Balaban J connectivity index is 1.54. The van der Waals surface area contributed by atoms with Gasteiger partial charge in [0.15, 0.2) is 0 Å². The average Bonchev–Trinajstić information content (AvgIpc) is 3.24. The first kappa shape index (κ1) is 17.6. The van der Waals surface area contributed by atoms with Gasteiger partial charge in [0.1, 0.15) is 0 Å². The molecule has 0 unspecified atom stereocenters. The number of aromatic nitrogens is 3. The number of amides is 1. The fraction of sp³-hybridized carbons (Fsp3) is 0.588. The number of nitrogens with zero attached hydrogens (tertiary/aromatic N) is 4. The molecule has 1 fully saturated rings. The molecule has 1 aliphatic rings. The van der Waals surface area contributed by atoms with Crippen molar-refractivity contribution in [3.05, 3.63) is 29.7 Å². The van der Waals surface area contributed by atoms with Gasteiger partial charge in [-0.3, -0.25) is 19.7 Å². The summed E-state index contributed by atoms with van der Waals surface area (Å²) in [7, 11) is 0. The lowest BCUT2D eigenvalue weighted by atomic mass is 9.92. The van der Waals surface area contributed by atoms with Gasteiger partial charge in [-0.2, -0.15) is 5.10 Å². The summed E-state index contributed by atoms with van der Waals surface area (Å²) in [4.78, 5) is 14.6. The van der Waals surface area contributed by atoms with Crippen molar-refractivity contribution >= 4 is 11.8 Å². The number of nitrogens with one attached hydrogen (secondary N) is 1. The molecule has 8 heteroatoms. The minimum Gasteiger partial charge on any atom is -0.394 e. The number of likely N-dealkylation sites (tertiary alicyclic amines) is 1. The SMILES string of the molecule is Cc1cc(NC(=O)[C@@H](C)N2CCC(c3ccnn3CCO)CC2)on1. The lowest BCUT2D eigenvalue weighted by molar-refractivity contribution is -0.121. The van der Waals surface area contributed by atoms with Crippen LogP contribution in [0.2, 0.25) is 0 Å². The smallest absolute Gasteiger partial charge is 0.243 e. The number of piperidine rings is 1. The van der Waals surface area contributed by atoms with E-state index in [0.29, 0.717) is 18.3 Å². The quantitative estimate of drug-likeness (QED) is 0.819. The Morgan fingerprint density at radius 3 is 2.88 bits per heavy atom. The number of hydrogen-bond donors (Lipinski definition) is 2. The Bertz CT molecular complexity index is 703. The predicted molar refractivity (Wildman–Crippen MR) is 92.2 cm³/mol. The summed E-state index contributed by atoms with van der Waals surface area (Å²) >= 11 is 0. The van der Waals surface area contributed by atoms with Crippen LogP contribution in [0.15, 0.2) is 22.9 Å². The minimum absolute atomic E-state index is 0.0834. The molecule has 1 atom stereocenters. The molecule has 2 N–H and O–H groups in total. The zero-order valence-electron chi connectivity index (χ0n) is 14.7. The Morgan fingerprint density at radius 1 is 1.48 bits per heavy atom. The van der Waals surface area contributed by atoms with E-state index in [2.05, 4.69) is 20.5 Å². The van der Waals surface area contributed by atoms with E-state index in [1.807, 2.05) is 24.6 Å². The van der Waals surface area contributed by atoms with Gasteiger partial charge < -0.3 is 9.63 Å². The summed E-state index contributed by atoms with van der Waals surface area (Å²) in [6.45, 7) is 6.03. The molecule has 1 aliphatic heterocycles. The second-order valence-corrected chi connectivity index (χ2v) is 6.51. The van der Waals surface area contributed by atoms with Crippen LogP contribution in [-0.4, -0.2) is 56.6 Å². The van der Waals surface area contributed by atoms with E-state index in [4.69, 9.17) is 9.63 Å². The minimum atomic E-state index is -0.228. The van der Waals surface area contributed by atoms with Gasteiger partial charge in [-0.05, 0) is 45.8 Å². The molecule has 2 aromatic heterocycles. The second kappa shape index (κ2) is 7.79. The van der Waals surface area contributed by atoms with Gasteiger partial charge in [0.2, 0.25) is 11.8 Å². The highest BCUT2D eigenvalue weighted by atomic mass is 16.5. The van der Waals surface area contributed by atoms with Crippen molar-refractivity contribution in [3.63, 3.8) is 0 Å². The van der Waals surface area contributed by atoms with Gasteiger partial charge in [0, 0.05) is 23.9 Å². The van der Waals surface area contributed by atoms with Crippen molar-refractivity contribution in [1.29, 1.82) is 0 Å². The number of carbonyl (C=O) groups is 1. The molecule has 3 heterocycles. The van der Waals surface area contributed by atoms with Crippen LogP contribution in [0.1, 0.15) is 37.1 Å². The molecular weight excluding hydrogens is 322 g/mol. The van der Waals surface area contributed by atoms with Crippen molar-refractivity contribution in [1.82, 2.24) is 19.8 Å². The van der Waals surface area contributed by atoms with Crippen molar-refractivity contribution in [3.8, 4) is 0 Å². The fourth-order valence-corrected chi connectivity index (χ4v) is 3.37. The number of aliphatic hydroxyl groups excluding tert-OH is 1. The average molecular weight is 347 g/mol. The molecule has 0 aromatic carbocycles. The number of rotatable bonds is 6. The highest BCUT2D eigenvalue weighted by Crippen LogP contribution is 2.28. The summed E-state index contributed by atoms with van der Waals surface area (Å²) in [6, 6.07) is 3.51. The summed E-state index contributed by atoms with van der Waals surface area (Å²) in [5.74, 6) is 0.717. The lowest BCUT2D eigenvalue weighted by Crippen LogP contribution is -2.45. The van der Waals surface area contributed by atoms with Crippen molar-refractivity contribution in [2.45, 2.75) is 45.2 Å². The number of anilines is 1. The van der Waals surface area contributed by atoms with E-state index in [1.54, 1.807) is 12.3 Å². The van der Waals surface area contributed by atoms with Crippen LogP contribution in [0, 0.1) is 6.92 Å². The highest BCUT2D eigenvalue weighted by molar-refractivity contribution is 5.93. The summed E-state index contributed by atoms with van der Waals surface area (Å²) in [6.07, 6.45) is 3.72. The van der Waals surface area contributed by atoms with E-state index in [1.165, 1.54) is 5.69 Å². The van der Waals surface area contributed by atoms with E-state index < -0.39 is 0 Å². The number of hydrogen-bond acceptors (Lipinski definition) is 6. The monoisotopic (exact) mass is 347 g/mol. The first-order valence-electron chi connectivity index (χ1n) is 8.69. The van der Waals surface area contributed by atoms with Crippen LogP contribution in [0.5, 0.6) is 0 Å². The van der Waals surface area contributed by atoms with Gasteiger partial charge in [0.05, 0.1) is 24.9 Å².